The Bertz CT molecular complexity index is 357. The molecule has 0 radical (unpaired) electrons. The number of benzene rings is 1. The van der Waals surface area contributed by atoms with E-state index in [-0.39, 0.29) is 0 Å². The predicted octanol–water partition coefficient (Wildman–Crippen LogP) is -0.312. The van der Waals surface area contributed by atoms with E-state index in [1.807, 2.05) is 20.0 Å². The van der Waals surface area contributed by atoms with Gasteiger partial charge in [-0.05, 0) is 12.1 Å². The average Bonchev–Trinajstić information content (AvgIpc) is 2.05. The lowest BCUT2D eigenvalue weighted by atomic mass is 9.90. The second kappa shape index (κ2) is 2.90. The lowest BCUT2D eigenvalue weighted by molar-refractivity contribution is 1.46. The minimum atomic E-state index is 0.534. The van der Waals surface area contributed by atoms with Gasteiger partial charge in [-0.1, -0.05) is 11.5 Å². The molecule has 0 bridgehead atoms. The third-order valence-corrected chi connectivity index (χ3v) is 1.49. The summed E-state index contributed by atoms with van der Waals surface area (Å²) in [7, 11) is 1.85. The second-order valence-electron chi connectivity index (χ2n) is 2.25. The first-order valence-electron chi connectivity index (χ1n) is 3.19. The molecule has 0 heterocycles. The van der Waals surface area contributed by atoms with Gasteiger partial charge in [0, 0.05) is 5.56 Å². The Morgan fingerprint density at radius 2 is 1.91 bits per heavy atom. The Balaban J connectivity index is 3.29. The SMILES string of the molecule is Bc1ccc(C#N)cc1C#N. The Hall–Kier alpha value is -1.74. The van der Waals surface area contributed by atoms with Crippen LogP contribution in [0.3, 0.4) is 0 Å². The lowest BCUT2D eigenvalue weighted by Crippen LogP contribution is -2.06. The molecule has 3 heteroatoms. The summed E-state index contributed by atoms with van der Waals surface area (Å²) in [5, 5.41) is 17.1. The number of nitrogens with zero attached hydrogens (tertiary/aromatic N) is 2. The van der Waals surface area contributed by atoms with Gasteiger partial charge in [-0.3, -0.25) is 0 Å². The molecule has 1 rings (SSSR count). The van der Waals surface area contributed by atoms with E-state index in [0.29, 0.717) is 11.1 Å². The van der Waals surface area contributed by atoms with E-state index in [0.717, 1.165) is 5.46 Å². The summed E-state index contributed by atoms with van der Waals surface area (Å²) < 4.78 is 0. The van der Waals surface area contributed by atoms with Gasteiger partial charge in [0.05, 0.1) is 17.7 Å². The van der Waals surface area contributed by atoms with Crippen molar-refractivity contribution < 1.29 is 0 Å². The lowest BCUT2D eigenvalue weighted by Gasteiger charge is -1.94. The maximum atomic E-state index is 8.58. The van der Waals surface area contributed by atoms with Crippen LogP contribution in [0.15, 0.2) is 18.2 Å². The summed E-state index contributed by atoms with van der Waals surface area (Å²) in [5.41, 5.74) is 2.02. The molecule has 1 aromatic rings. The molecule has 0 fully saturated rings. The second-order valence-corrected chi connectivity index (χ2v) is 2.25. The topological polar surface area (TPSA) is 47.6 Å². The molecule has 0 saturated heterocycles. The minimum absolute atomic E-state index is 0.534. The molecule has 0 spiro atoms. The molecule has 0 aliphatic heterocycles. The van der Waals surface area contributed by atoms with Gasteiger partial charge in [0.15, 0.2) is 0 Å². The first-order valence-corrected chi connectivity index (χ1v) is 3.19. The van der Waals surface area contributed by atoms with Crippen LogP contribution in [0.1, 0.15) is 11.1 Å². The Morgan fingerprint density at radius 3 is 2.45 bits per heavy atom. The van der Waals surface area contributed by atoms with Gasteiger partial charge >= 0.3 is 0 Å². The molecule has 2 nitrogen and oxygen atoms in total. The van der Waals surface area contributed by atoms with Crippen molar-refractivity contribution in [1.82, 2.24) is 0 Å². The van der Waals surface area contributed by atoms with Gasteiger partial charge in [-0.15, -0.1) is 0 Å². The van der Waals surface area contributed by atoms with Crippen LogP contribution in [0.5, 0.6) is 0 Å². The van der Waals surface area contributed by atoms with Crippen molar-refractivity contribution >= 4 is 13.3 Å². The van der Waals surface area contributed by atoms with Crippen molar-refractivity contribution in [3.05, 3.63) is 29.3 Å². The van der Waals surface area contributed by atoms with Crippen molar-refractivity contribution in [3.8, 4) is 12.1 Å². The van der Waals surface area contributed by atoms with Crippen molar-refractivity contribution in [3.63, 3.8) is 0 Å². The predicted molar refractivity (Wildman–Crippen MR) is 44.1 cm³/mol. The molecule has 0 unspecified atom stereocenters. The highest BCUT2D eigenvalue weighted by Crippen LogP contribution is 1.98. The van der Waals surface area contributed by atoms with Crippen LogP contribution in [-0.2, 0) is 0 Å². The van der Waals surface area contributed by atoms with Crippen LogP contribution in [0.2, 0.25) is 0 Å². The van der Waals surface area contributed by atoms with E-state index in [1.165, 1.54) is 0 Å². The van der Waals surface area contributed by atoms with Crippen LogP contribution in [0.4, 0.5) is 0 Å². The minimum Gasteiger partial charge on any atom is -0.192 e. The maximum Gasteiger partial charge on any atom is 0.141 e. The quantitative estimate of drug-likeness (QED) is 0.464. The fourth-order valence-electron chi connectivity index (χ4n) is 0.812. The number of nitriles is 2. The van der Waals surface area contributed by atoms with Gasteiger partial charge in [-0.2, -0.15) is 10.5 Å². The highest BCUT2D eigenvalue weighted by molar-refractivity contribution is 6.33. The molecule has 1 aromatic carbocycles. The Labute approximate surface area is 66.1 Å². The number of rotatable bonds is 0. The molecular weight excluding hydrogens is 135 g/mol. The molecular formula is C8H5BN2. The first-order chi connectivity index (χ1) is 5.27. The Kier molecular flexibility index (Phi) is 1.94. The number of hydrogen-bond acceptors (Lipinski definition) is 2. The zero-order valence-electron chi connectivity index (χ0n) is 6.13. The van der Waals surface area contributed by atoms with Crippen LogP contribution < -0.4 is 5.46 Å². The monoisotopic (exact) mass is 140 g/mol. The van der Waals surface area contributed by atoms with E-state index in [4.69, 9.17) is 10.5 Å². The van der Waals surface area contributed by atoms with Crippen molar-refractivity contribution in [2.45, 2.75) is 0 Å². The Morgan fingerprint density at radius 1 is 1.18 bits per heavy atom. The van der Waals surface area contributed by atoms with Gasteiger partial charge < -0.3 is 0 Å². The van der Waals surface area contributed by atoms with E-state index >= 15 is 0 Å². The molecule has 0 amide bonds. The third kappa shape index (κ3) is 1.39. The zero-order chi connectivity index (χ0) is 8.27. The van der Waals surface area contributed by atoms with Crippen molar-refractivity contribution in [2.24, 2.45) is 0 Å². The van der Waals surface area contributed by atoms with Gasteiger partial charge in [0.1, 0.15) is 7.85 Å². The largest absolute Gasteiger partial charge is 0.192 e. The maximum absolute atomic E-state index is 8.58. The molecule has 11 heavy (non-hydrogen) atoms. The standard InChI is InChI=1S/C8H5BN2/c9-8-2-1-6(4-10)3-7(8)5-11/h1-3H,9H2. The molecule has 50 valence electrons. The van der Waals surface area contributed by atoms with E-state index in [1.54, 1.807) is 18.2 Å². The molecule has 0 aliphatic rings. The van der Waals surface area contributed by atoms with Crippen LogP contribution in [0, 0.1) is 22.7 Å². The molecule has 0 atom stereocenters. The summed E-state index contributed by atoms with van der Waals surface area (Å²) >= 11 is 0. The number of hydrogen-bond donors (Lipinski definition) is 0. The van der Waals surface area contributed by atoms with Crippen LogP contribution >= 0.6 is 0 Å². The smallest absolute Gasteiger partial charge is 0.141 e. The van der Waals surface area contributed by atoms with Crippen LogP contribution in [-0.4, -0.2) is 7.85 Å². The summed E-state index contributed by atoms with van der Waals surface area (Å²) in [5.74, 6) is 0. The normalized spacial score (nSPS) is 8.18. The average molecular weight is 140 g/mol. The van der Waals surface area contributed by atoms with Crippen molar-refractivity contribution in [1.29, 1.82) is 10.5 Å². The first kappa shape index (κ1) is 7.37. The van der Waals surface area contributed by atoms with Gasteiger partial charge in [0.2, 0.25) is 0 Å². The highest BCUT2D eigenvalue weighted by Gasteiger charge is 1.96. The summed E-state index contributed by atoms with van der Waals surface area (Å²) in [4.78, 5) is 0. The highest BCUT2D eigenvalue weighted by atomic mass is 14.3. The summed E-state index contributed by atoms with van der Waals surface area (Å²) in [6.07, 6.45) is 0. The van der Waals surface area contributed by atoms with Gasteiger partial charge in [0.25, 0.3) is 0 Å². The van der Waals surface area contributed by atoms with E-state index < -0.39 is 0 Å². The van der Waals surface area contributed by atoms with Crippen LogP contribution in [0.25, 0.3) is 0 Å². The van der Waals surface area contributed by atoms with E-state index in [9.17, 15) is 0 Å². The molecule has 0 saturated carbocycles. The van der Waals surface area contributed by atoms with Gasteiger partial charge in [-0.25, -0.2) is 0 Å². The molecule has 0 aromatic heterocycles. The molecule has 0 aliphatic carbocycles. The van der Waals surface area contributed by atoms with E-state index in [2.05, 4.69) is 0 Å². The summed E-state index contributed by atoms with van der Waals surface area (Å²) in [6, 6.07) is 9.07. The third-order valence-electron chi connectivity index (χ3n) is 1.49. The fourth-order valence-corrected chi connectivity index (χ4v) is 0.812. The summed E-state index contributed by atoms with van der Waals surface area (Å²) in [6.45, 7) is 0. The van der Waals surface area contributed by atoms with Crippen molar-refractivity contribution in [2.75, 3.05) is 0 Å². The fraction of sp³-hybridized carbons (Fsp3) is 0. The zero-order valence-corrected chi connectivity index (χ0v) is 6.13. The molecule has 0 N–H and O–H groups in total.